The minimum absolute atomic E-state index is 0.0113. The second-order valence-electron chi connectivity index (χ2n) is 9.31. The van der Waals surface area contributed by atoms with E-state index in [1.165, 1.54) is 5.57 Å². The van der Waals surface area contributed by atoms with Gasteiger partial charge in [0.15, 0.2) is 0 Å². The number of carbonyl (C=O) groups excluding carboxylic acids is 1. The highest BCUT2D eigenvalue weighted by Crippen LogP contribution is 2.59. The van der Waals surface area contributed by atoms with Gasteiger partial charge in [0.05, 0.1) is 18.6 Å². The first-order valence-corrected chi connectivity index (χ1v) is 11.0. The first kappa shape index (κ1) is 22.1. The molecule has 6 atom stereocenters. The van der Waals surface area contributed by atoms with Gasteiger partial charge in [-0.1, -0.05) is 11.6 Å². The summed E-state index contributed by atoms with van der Waals surface area (Å²) in [6.07, 6.45) is 4.09. The van der Waals surface area contributed by atoms with Gasteiger partial charge < -0.3 is 29.4 Å². The smallest absolute Gasteiger partial charge is 0.325 e. The topological polar surface area (TPSA) is 92.9 Å². The Morgan fingerprint density at radius 1 is 1.32 bits per heavy atom. The van der Waals surface area contributed by atoms with Crippen LogP contribution in [-0.2, 0) is 23.7 Å². The largest absolute Gasteiger partial charge is 0.508 e. The number of rotatable bonds is 8. The van der Waals surface area contributed by atoms with Gasteiger partial charge in [0.25, 0.3) is 0 Å². The predicted octanol–water partition coefficient (Wildman–Crippen LogP) is 3.42. The molecule has 4 rings (SSSR count). The lowest BCUT2D eigenvalue weighted by Gasteiger charge is -2.42. The van der Waals surface area contributed by atoms with Gasteiger partial charge in [-0.3, -0.25) is 4.79 Å². The number of phenols is 1. The van der Waals surface area contributed by atoms with Crippen LogP contribution in [0, 0.1) is 5.92 Å². The van der Waals surface area contributed by atoms with Crippen LogP contribution in [0.15, 0.2) is 35.9 Å². The van der Waals surface area contributed by atoms with E-state index in [4.69, 9.17) is 18.9 Å². The molecule has 2 aliphatic heterocycles. The molecule has 2 N–H and O–H groups in total. The predicted molar refractivity (Wildman–Crippen MR) is 116 cm³/mol. The van der Waals surface area contributed by atoms with Gasteiger partial charge in [0, 0.05) is 12.8 Å². The second kappa shape index (κ2) is 8.45. The molecule has 0 amide bonds. The lowest BCUT2D eigenvalue weighted by molar-refractivity contribution is -0.170. The van der Waals surface area contributed by atoms with Crippen molar-refractivity contribution in [2.45, 2.75) is 69.5 Å². The molecular formula is C24H33NO6. The van der Waals surface area contributed by atoms with E-state index < -0.39 is 0 Å². The molecule has 2 heterocycles. The fraction of sp³-hybridized carbons (Fsp3) is 0.625. The van der Waals surface area contributed by atoms with Crippen LogP contribution in [0.4, 0.5) is 5.69 Å². The molecule has 7 nitrogen and oxygen atoms in total. The molecule has 170 valence electrons. The maximum absolute atomic E-state index is 12.5. The highest BCUT2D eigenvalue weighted by molar-refractivity contribution is 5.75. The molecule has 1 saturated carbocycles. The van der Waals surface area contributed by atoms with E-state index in [1.807, 2.05) is 0 Å². The summed E-state index contributed by atoms with van der Waals surface area (Å²) in [4.78, 5) is 12.5. The summed E-state index contributed by atoms with van der Waals surface area (Å²) in [5, 5.41) is 12.4. The minimum atomic E-state index is -0.349. The number of ether oxygens (including phenoxy) is 4. The second-order valence-corrected chi connectivity index (χ2v) is 9.31. The number of epoxide rings is 2. The summed E-state index contributed by atoms with van der Waals surface area (Å²) < 4.78 is 23.9. The number of hydrogen-bond donors (Lipinski definition) is 2. The number of phenolic OH excluding ortho intramolecular Hbond substituents is 1. The number of methoxy groups -OCH3 is 1. The van der Waals surface area contributed by atoms with Gasteiger partial charge in [-0.2, -0.15) is 0 Å². The zero-order chi connectivity index (χ0) is 22.2. The summed E-state index contributed by atoms with van der Waals surface area (Å²) >= 11 is 0. The number of esters is 1. The van der Waals surface area contributed by atoms with Crippen LogP contribution in [0.5, 0.6) is 5.75 Å². The summed E-state index contributed by atoms with van der Waals surface area (Å²) in [5.74, 6) is -0.147. The average Bonchev–Trinajstić information content (AvgIpc) is 3.65. The van der Waals surface area contributed by atoms with Crippen molar-refractivity contribution in [3.8, 4) is 5.75 Å². The van der Waals surface area contributed by atoms with E-state index in [1.54, 1.807) is 31.4 Å². The highest BCUT2D eigenvalue weighted by atomic mass is 16.6. The van der Waals surface area contributed by atoms with E-state index in [9.17, 15) is 9.90 Å². The summed E-state index contributed by atoms with van der Waals surface area (Å²) in [6, 6.07) is 6.56. The van der Waals surface area contributed by atoms with Crippen molar-refractivity contribution in [2.75, 3.05) is 25.6 Å². The Balaban J connectivity index is 1.40. The van der Waals surface area contributed by atoms with Crippen molar-refractivity contribution >= 4 is 11.7 Å². The fourth-order valence-corrected chi connectivity index (χ4v) is 5.03. The lowest BCUT2D eigenvalue weighted by Crippen LogP contribution is -2.55. The molecule has 1 unspecified atom stereocenters. The first-order chi connectivity index (χ1) is 14.8. The molecule has 31 heavy (non-hydrogen) atoms. The van der Waals surface area contributed by atoms with Crippen molar-refractivity contribution in [1.29, 1.82) is 0 Å². The Kier molecular flexibility index (Phi) is 6.03. The Hall–Kier alpha value is -2.09. The van der Waals surface area contributed by atoms with E-state index in [2.05, 4.69) is 32.2 Å². The normalized spacial score (nSPS) is 36.0. The third kappa shape index (κ3) is 4.59. The zero-order valence-electron chi connectivity index (χ0n) is 18.7. The van der Waals surface area contributed by atoms with Crippen molar-refractivity contribution in [1.82, 2.24) is 0 Å². The summed E-state index contributed by atoms with van der Waals surface area (Å²) in [5.41, 5.74) is 1.43. The fourth-order valence-electron chi connectivity index (χ4n) is 5.03. The van der Waals surface area contributed by atoms with Crippen LogP contribution in [0.3, 0.4) is 0 Å². The number of nitrogens with one attached hydrogen (secondary N) is 1. The molecule has 0 aromatic heterocycles. The van der Waals surface area contributed by atoms with Crippen molar-refractivity contribution in [3.05, 3.63) is 35.9 Å². The number of hydrogen-bond acceptors (Lipinski definition) is 7. The van der Waals surface area contributed by atoms with Gasteiger partial charge in [-0.25, -0.2) is 0 Å². The minimum Gasteiger partial charge on any atom is -0.508 e. The van der Waals surface area contributed by atoms with Crippen LogP contribution in [0.1, 0.15) is 40.0 Å². The van der Waals surface area contributed by atoms with E-state index in [-0.39, 0.29) is 53.7 Å². The SMILES string of the molecule is CO[C@@H]1[C@H](OC(=O)CNc2ccc(O)cc2)CC[C@]2(CO2)[C@H]1[C@@]1(C)OC1CC=C(C)C. The van der Waals surface area contributed by atoms with Crippen molar-refractivity contribution < 1.29 is 28.8 Å². The molecule has 1 spiro atoms. The molecular weight excluding hydrogens is 398 g/mol. The maximum Gasteiger partial charge on any atom is 0.325 e. The lowest BCUT2D eigenvalue weighted by atomic mass is 9.68. The number of aromatic hydroxyl groups is 1. The Morgan fingerprint density at radius 2 is 2.03 bits per heavy atom. The number of carbonyl (C=O) groups is 1. The molecule has 1 aliphatic carbocycles. The number of anilines is 1. The highest BCUT2D eigenvalue weighted by Gasteiger charge is 2.72. The van der Waals surface area contributed by atoms with Gasteiger partial charge >= 0.3 is 5.97 Å². The molecule has 7 heteroatoms. The van der Waals surface area contributed by atoms with Crippen LogP contribution in [0.25, 0.3) is 0 Å². The summed E-state index contributed by atoms with van der Waals surface area (Å²) in [6.45, 7) is 7.06. The van der Waals surface area contributed by atoms with Crippen LogP contribution in [-0.4, -0.2) is 60.9 Å². The average molecular weight is 432 g/mol. The molecule has 1 aromatic carbocycles. The van der Waals surface area contributed by atoms with Gasteiger partial charge in [0.2, 0.25) is 0 Å². The van der Waals surface area contributed by atoms with Gasteiger partial charge in [0.1, 0.15) is 35.7 Å². The molecule has 3 fully saturated rings. The Morgan fingerprint density at radius 3 is 2.65 bits per heavy atom. The van der Waals surface area contributed by atoms with Crippen molar-refractivity contribution in [3.63, 3.8) is 0 Å². The third-order valence-corrected chi connectivity index (χ3v) is 6.82. The van der Waals surface area contributed by atoms with Gasteiger partial charge in [-0.15, -0.1) is 0 Å². The quantitative estimate of drug-likeness (QED) is 0.282. The van der Waals surface area contributed by atoms with E-state index in [0.717, 1.165) is 18.5 Å². The standard InChI is InChI=1S/C24H33NO6/c1-15(2)5-10-19-23(3,31-19)22-21(28-4)18(11-12-24(22)14-29-24)30-20(27)13-25-16-6-8-17(26)9-7-16/h5-9,18-19,21-22,25-26H,10-14H2,1-4H3/t18-,19?,21-,22-,23+,24+/m1/s1. The maximum atomic E-state index is 12.5. The van der Waals surface area contributed by atoms with Crippen LogP contribution >= 0.6 is 0 Å². The van der Waals surface area contributed by atoms with E-state index in [0.29, 0.717) is 13.0 Å². The summed E-state index contributed by atoms with van der Waals surface area (Å²) in [7, 11) is 1.67. The Bertz CT molecular complexity index is 829. The molecule has 1 aromatic rings. The Labute approximate surface area is 183 Å². The number of benzene rings is 1. The van der Waals surface area contributed by atoms with Crippen LogP contribution in [0.2, 0.25) is 0 Å². The number of allylic oxidation sites excluding steroid dienone is 1. The molecule has 0 radical (unpaired) electrons. The third-order valence-electron chi connectivity index (χ3n) is 6.82. The zero-order valence-corrected chi connectivity index (χ0v) is 18.7. The first-order valence-electron chi connectivity index (χ1n) is 11.0. The monoisotopic (exact) mass is 431 g/mol. The van der Waals surface area contributed by atoms with Crippen LogP contribution < -0.4 is 5.32 Å². The molecule has 0 bridgehead atoms. The van der Waals surface area contributed by atoms with E-state index >= 15 is 0 Å². The van der Waals surface area contributed by atoms with Crippen molar-refractivity contribution in [2.24, 2.45) is 5.92 Å². The molecule has 3 aliphatic rings. The van der Waals surface area contributed by atoms with Gasteiger partial charge in [-0.05, 0) is 64.3 Å². The molecule has 2 saturated heterocycles.